The topological polar surface area (TPSA) is 3.24 Å². The van der Waals surface area contributed by atoms with E-state index in [0.29, 0.717) is 4.42 Å². The average molecular weight is 266 g/mol. The van der Waals surface area contributed by atoms with Crippen molar-refractivity contribution in [2.24, 2.45) is 0 Å². The van der Waals surface area contributed by atoms with E-state index in [0.717, 1.165) is 6.20 Å². The first kappa shape index (κ1) is 12.0. The summed E-state index contributed by atoms with van der Waals surface area (Å²) in [5, 5.41) is 0. The molecule has 80 valence electrons. The lowest BCUT2D eigenvalue weighted by atomic mass is 10.1. The molecular formula is C7H5Cl3F3N. The van der Waals surface area contributed by atoms with Crippen LogP contribution in [0.15, 0.2) is 23.4 Å². The molecule has 1 atom stereocenters. The third-order valence-electron chi connectivity index (χ3n) is 1.57. The fourth-order valence-electron chi connectivity index (χ4n) is 0.946. The van der Waals surface area contributed by atoms with Crippen LogP contribution in [0.2, 0.25) is 0 Å². The van der Waals surface area contributed by atoms with Gasteiger partial charge in [0.2, 0.25) is 6.30 Å². The predicted octanol–water partition coefficient (Wildman–Crippen LogP) is 3.98. The molecular weight excluding hydrogens is 261 g/mol. The maximum Gasteiger partial charge on any atom is 0.240 e. The summed E-state index contributed by atoms with van der Waals surface area (Å²) < 4.78 is 39.0. The number of hydrogen-bond donors (Lipinski definition) is 0. The molecule has 0 aromatic carbocycles. The van der Waals surface area contributed by atoms with Gasteiger partial charge in [-0.05, 0) is 0 Å². The number of nitrogens with zero attached hydrogens (tertiary/aromatic N) is 1. The third kappa shape index (κ3) is 2.49. The van der Waals surface area contributed by atoms with E-state index in [-0.39, 0.29) is 12.0 Å². The molecule has 7 heteroatoms. The summed E-state index contributed by atoms with van der Waals surface area (Å²) in [6.45, 7) is 0. The van der Waals surface area contributed by atoms with Gasteiger partial charge in [0.25, 0.3) is 0 Å². The van der Waals surface area contributed by atoms with Crippen molar-refractivity contribution in [2.75, 3.05) is 0 Å². The largest absolute Gasteiger partial charge is 0.253 e. The van der Waals surface area contributed by atoms with Gasteiger partial charge in [0.05, 0.1) is 0 Å². The fourth-order valence-corrected chi connectivity index (χ4v) is 1.48. The number of hydrogen-bond acceptors (Lipinski definition) is 1. The lowest BCUT2D eigenvalue weighted by Gasteiger charge is -2.22. The van der Waals surface area contributed by atoms with Crippen LogP contribution in [0.4, 0.5) is 13.2 Å². The minimum atomic E-state index is -2.30. The zero-order valence-electron chi connectivity index (χ0n) is 6.65. The van der Waals surface area contributed by atoms with Crippen molar-refractivity contribution in [3.63, 3.8) is 0 Å². The monoisotopic (exact) mass is 265 g/mol. The Bertz CT molecular complexity index is 290. The zero-order valence-corrected chi connectivity index (χ0v) is 8.92. The number of halogens is 6. The number of rotatable bonds is 2. The summed E-state index contributed by atoms with van der Waals surface area (Å²) in [6.07, 6.45) is -1.52. The Kier molecular flexibility index (Phi) is 3.98. The first-order chi connectivity index (χ1) is 6.43. The van der Waals surface area contributed by atoms with Crippen molar-refractivity contribution in [3.8, 4) is 0 Å². The normalized spacial score (nSPS) is 23.2. The molecule has 1 heterocycles. The molecule has 0 aromatic rings. The molecule has 14 heavy (non-hydrogen) atoms. The second-order valence-corrected chi connectivity index (χ2v) is 4.26. The van der Waals surface area contributed by atoms with Crippen LogP contribution < -0.4 is 0 Å². The van der Waals surface area contributed by atoms with Crippen molar-refractivity contribution in [1.29, 1.82) is 0 Å². The second kappa shape index (κ2) is 4.64. The first-order valence-corrected chi connectivity index (χ1v) is 4.77. The average Bonchev–Trinajstić information content (AvgIpc) is 2.10. The summed E-state index contributed by atoms with van der Waals surface area (Å²) in [4.78, 5) is -0.902. The fraction of sp³-hybridized carbons (Fsp3) is 0.429. The molecule has 0 spiro atoms. The van der Waals surface area contributed by atoms with Gasteiger partial charge < -0.3 is 0 Å². The van der Waals surface area contributed by atoms with E-state index in [2.05, 4.69) is 0 Å². The highest BCUT2D eigenvalue weighted by Gasteiger charge is 2.30. The minimum Gasteiger partial charge on any atom is -0.253 e. The molecule has 1 rings (SSSR count). The van der Waals surface area contributed by atoms with Crippen LogP contribution in [0.5, 0.6) is 0 Å². The molecule has 0 amide bonds. The van der Waals surface area contributed by atoms with Crippen molar-refractivity contribution in [1.82, 2.24) is 4.42 Å². The Hall–Kier alpha value is -0.0600. The smallest absolute Gasteiger partial charge is 0.240 e. The van der Waals surface area contributed by atoms with Gasteiger partial charge in [-0.25, -0.2) is 13.2 Å². The molecule has 0 radical (unpaired) electrons. The van der Waals surface area contributed by atoms with Gasteiger partial charge in [-0.3, -0.25) is 4.42 Å². The lowest BCUT2D eigenvalue weighted by molar-refractivity contribution is 0.203. The highest BCUT2D eigenvalue weighted by atomic mass is 35.5. The molecule has 0 fully saturated rings. The summed E-state index contributed by atoms with van der Waals surface area (Å²) >= 11 is 16.0. The number of alkyl halides is 3. The molecule has 0 aliphatic carbocycles. The van der Waals surface area contributed by atoms with Crippen LogP contribution in [-0.2, 0) is 0 Å². The number of allylic oxidation sites excluding steroid dienone is 2. The van der Waals surface area contributed by atoms with E-state index in [1.165, 1.54) is 0 Å². The van der Waals surface area contributed by atoms with Crippen molar-refractivity contribution >= 4 is 35.0 Å². The van der Waals surface area contributed by atoms with Crippen molar-refractivity contribution < 1.29 is 13.2 Å². The molecule has 0 bridgehead atoms. The quantitative estimate of drug-likeness (QED) is 0.415. The van der Waals surface area contributed by atoms with Gasteiger partial charge in [0.15, 0.2) is 11.7 Å². The van der Waals surface area contributed by atoms with Crippen LogP contribution in [-0.4, -0.2) is 15.6 Å². The Morgan fingerprint density at radius 2 is 2.00 bits per heavy atom. The Balaban J connectivity index is 2.91. The first-order valence-electron chi connectivity index (χ1n) is 3.56. The summed E-state index contributed by atoms with van der Waals surface area (Å²) in [5.74, 6) is -2.85. The lowest BCUT2D eigenvalue weighted by Crippen LogP contribution is -2.23. The summed E-state index contributed by atoms with van der Waals surface area (Å²) in [7, 11) is 0. The SMILES string of the molecule is FC1=C(F)C(F)N(Cl)C=C1CC(Cl)Cl. The summed E-state index contributed by atoms with van der Waals surface area (Å²) in [5.41, 5.74) is -0.165. The van der Waals surface area contributed by atoms with Crippen LogP contribution >= 0.6 is 35.0 Å². The Labute approximate surface area is 93.8 Å². The molecule has 1 aliphatic heterocycles. The van der Waals surface area contributed by atoms with Crippen molar-refractivity contribution in [2.45, 2.75) is 17.6 Å². The second-order valence-electron chi connectivity index (χ2n) is 2.59. The highest BCUT2D eigenvalue weighted by Crippen LogP contribution is 2.34. The van der Waals surface area contributed by atoms with E-state index in [1.54, 1.807) is 0 Å². The highest BCUT2D eigenvalue weighted by molar-refractivity contribution is 6.44. The van der Waals surface area contributed by atoms with E-state index in [1.807, 2.05) is 0 Å². The molecule has 1 nitrogen and oxygen atoms in total. The Morgan fingerprint density at radius 1 is 1.43 bits per heavy atom. The Morgan fingerprint density at radius 3 is 2.50 bits per heavy atom. The maximum atomic E-state index is 13.0. The molecule has 0 N–H and O–H groups in total. The van der Waals surface area contributed by atoms with Gasteiger partial charge in [0, 0.05) is 30.0 Å². The molecule has 0 aromatic heterocycles. The van der Waals surface area contributed by atoms with Gasteiger partial charge in [-0.15, -0.1) is 23.2 Å². The molecule has 1 unspecified atom stereocenters. The predicted molar refractivity (Wildman–Crippen MR) is 50.0 cm³/mol. The van der Waals surface area contributed by atoms with Crippen LogP contribution in [0.3, 0.4) is 0 Å². The maximum absolute atomic E-state index is 13.0. The van der Waals surface area contributed by atoms with Crippen molar-refractivity contribution in [3.05, 3.63) is 23.4 Å². The van der Waals surface area contributed by atoms with Crippen LogP contribution in [0.25, 0.3) is 0 Å². The summed E-state index contributed by atoms with van der Waals surface area (Å²) in [6, 6.07) is 0. The minimum absolute atomic E-state index is 0.141. The van der Waals surface area contributed by atoms with E-state index in [4.69, 9.17) is 35.0 Å². The van der Waals surface area contributed by atoms with E-state index in [9.17, 15) is 13.2 Å². The molecule has 0 saturated carbocycles. The third-order valence-corrected chi connectivity index (χ3v) is 2.15. The van der Waals surface area contributed by atoms with Gasteiger partial charge in [0.1, 0.15) is 4.84 Å². The van der Waals surface area contributed by atoms with Gasteiger partial charge in [-0.2, -0.15) is 0 Å². The van der Waals surface area contributed by atoms with Crippen LogP contribution in [0.1, 0.15) is 6.42 Å². The standard InChI is InChI=1S/C7H5Cl3F3N/c8-4(9)1-3-2-14(10)7(13)6(12)5(3)11/h2,4,7H,1H2. The van der Waals surface area contributed by atoms with Gasteiger partial charge in [-0.1, -0.05) is 0 Å². The van der Waals surface area contributed by atoms with E-state index >= 15 is 0 Å². The van der Waals surface area contributed by atoms with Gasteiger partial charge >= 0.3 is 0 Å². The molecule has 0 saturated heterocycles. The molecule has 1 aliphatic rings. The van der Waals surface area contributed by atoms with Crippen LogP contribution in [0, 0.1) is 0 Å². The zero-order chi connectivity index (χ0) is 10.9. The van der Waals surface area contributed by atoms with E-state index < -0.39 is 22.8 Å².